The molecule has 0 bridgehead atoms. The predicted octanol–water partition coefficient (Wildman–Crippen LogP) is 1.67. The summed E-state index contributed by atoms with van der Waals surface area (Å²) >= 11 is 0. The Hall–Kier alpha value is -0.500. The molecule has 0 aromatic rings. The van der Waals surface area contributed by atoms with Crippen molar-refractivity contribution in [1.82, 2.24) is 0 Å². The van der Waals surface area contributed by atoms with Gasteiger partial charge in [0.2, 0.25) is 0 Å². The minimum atomic E-state index is -0.110. The monoisotopic (exact) mass is 128 g/mol. The Morgan fingerprint density at radius 2 is 2.22 bits per heavy atom. The van der Waals surface area contributed by atoms with Crippen molar-refractivity contribution in [2.75, 3.05) is 0 Å². The van der Waals surface area contributed by atoms with Gasteiger partial charge in [-0.2, -0.15) is 0 Å². The van der Waals surface area contributed by atoms with Gasteiger partial charge >= 0.3 is 0 Å². The van der Waals surface area contributed by atoms with Crippen LogP contribution in [-0.2, 0) is 9.47 Å². The molecule has 2 atom stereocenters. The van der Waals surface area contributed by atoms with Gasteiger partial charge in [0.1, 0.15) is 0 Å². The van der Waals surface area contributed by atoms with E-state index in [9.17, 15) is 0 Å². The summed E-state index contributed by atoms with van der Waals surface area (Å²) in [4.78, 5) is 0. The fourth-order valence-corrected chi connectivity index (χ4v) is 1.01. The highest BCUT2D eigenvalue weighted by Crippen LogP contribution is 2.18. The van der Waals surface area contributed by atoms with E-state index in [-0.39, 0.29) is 12.4 Å². The third kappa shape index (κ3) is 1.72. The molecule has 1 aliphatic heterocycles. The molecule has 0 N–H and O–H groups in total. The Morgan fingerprint density at radius 3 is 2.67 bits per heavy atom. The quantitative estimate of drug-likeness (QED) is 0.494. The molecule has 1 heterocycles. The first-order valence-electron chi connectivity index (χ1n) is 3.18. The molecule has 0 saturated carbocycles. The van der Waals surface area contributed by atoms with Gasteiger partial charge in [0.05, 0.1) is 11.9 Å². The van der Waals surface area contributed by atoms with Gasteiger partial charge in [0.15, 0.2) is 6.29 Å². The zero-order valence-corrected chi connectivity index (χ0v) is 5.89. The first-order valence-corrected chi connectivity index (χ1v) is 3.18. The highest BCUT2D eigenvalue weighted by atomic mass is 16.7. The molecule has 1 rings (SSSR count). The maximum absolute atomic E-state index is 5.27. The molecule has 0 spiro atoms. The Balaban J connectivity index is 2.43. The van der Waals surface area contributed by atoms with Crippen LogP contribution in [0.25, 0.3) is 0 Å². The number of rotatable bonds is 0. The molecule has 0 aromatic heterocycles. The van der Waals surface area contributed by atoms with Gasteiger partial charge < -0.3 is 9.47 Å². The Morgan fingerprint density at radius 1 is 1.56 bits per heavy atom. The van der Waals surface area contributed by atoms with Crippen molar-refractivity contribution < 1.29 is 9.47 Å². The van der Waals surface area contributed by atoms with E-state index >= 15 is 0 Å². The predicted molar refractivity (Wildman–Crippen MR) is 34.9 cm³/mol. The smallest absolute Gasteiger partial charge is 0.196 e. The molecule has 52 valence electrons. The molecule has 0 aliphatic carbocycles. The van der Waals surface area contributed by atoms with Crippen molar-refractivity contribution in [1.29, 1.82) is 0 Å². The van der Waals surface area contributed by atoms with Crippen LogP contribution in [0.5, 0.6) is 0 Å². The average molecular weight is 128 g/mol. The molecule has 0 radical (unpaired) electrons. The summed E-state index contributed by atoms with van der Waals surface area (Å²) < 4.78 is 10.4. The van der Waals surface area contributed by atoms with E-state index in [1.165, 1.54) is 0 Å². The van der Waals surface area contributed by atoms with Crippen LogP contribution in [0.15, 0.2) is 12.3 Å². The summed E-state index contributed by atoms with van der Waals surface area (Å²) in [6.07, 6.45) is 0.979. The van der Waals surface area contributed by atoms with Gasteiger partial charge in [0.25, 0.3) is 0 Å². The molecule has 0 amide bonds. The Labute approximate surface area is 55.5 Å². The summed E-state index contributed by atoms with van der Waals surface area (Å²) in [7, 11) is 0. The maximum atomic E-state index is 5.27. The first-order chi connectivity index (χ1) is 4.18. The molecule has 9 heavy (non-hydrogen) atoms. The van der Waals surface area contributed by atoms with Crippen LogP contribution in [0.3, 0.4) is 0 Å². The summed E-state index contributed by atoms with van der Waals surface area (Å²) in [5.41, 5.74) is 0. The van der Waals surface area contributed by atoms with Crippen LogP contribution in [0.4, 0.5) is 0 Å². The van der Waals surface area contributed by atoms with E-state index in [1.807, 2.05) is 13.8 Å². The lowest BCUT2D eigenvalue weighted by atomic mass is 10.2. The second-order valence-corrected chi connectivity index (χ2v) is 2.37. The lowest BCUT2D eigenvalue weighted by molar-refractivity contribution is -0.167. The van der Waals surface area contributed by atoms with Crippen molar-refractivity contribution >= 4 is 0 Å². The third-order valence-corrected chi connectivity index (χ3v) is 1.27. The minimum Gasteiger partial charge on any atom is -0.470 e. The van der Waals surface area contributed by atoms with Crippen molar-refractivity contribution in [3.8, 4) is 0 Å². The zero-order valence-electron chi connectivity index (χ0n) is 5.89. The normalized spacial score (nSPS) is 36.0. The Bertz CT molecular complexity index is 108. The van der Waals surface area contributed by atoms with Crippen LogP contribution >= 0.6 is 0 Å². The van der Waals surface area contributed by atoms with Crippen molar-refractivity contribution in [2.24, 2.45) is 0 Å². The van der Waals surface area contributed by atoms with Gasteiger partial charge in [-0.3, -0.25) is 0 Å². The van der Waals surface area contributed by atoms with E-state index < -0.39 is 0 Å². The summed E-state index contributed by atoms with van der Waals surface area (Å²) in [6, 6.07) is 0. The van der Waals surface area contributed by atoms with Crippen molar-refractivity contribution in [3.05, 3.63) is 12.3 Å². The largest absolute Gasteiger partial charge is 0.470 e. The van der Waals surface area contributed by atoms with Gasteiger partial charge in [-0.25, -0.2) is 0 Å². The van der Waals surface area contributed by atoms with Crippen molar-refractivity contribution in [2.45, 2.75) is 32.7 Å². The van der Waals surface area contributed by atoms with Crippen LogP contribution in [0.1, 0.15) is 20.3 Å². The molecule has 0 unspecified atom stereocenters. The summed E-state index contributed by atoms with van der Waals surface area (Å²) in [5, 5.41) is 0. The van der Waals surface area contributed by atoms with Crippen LogP contribution in [0, 0.1) is 0 Å². The molecule has 2 nitrogen and oxygen atoms in total. The third-order valence-electron chi connectivity index (χ3n) is 1.27. The molecule has 1 aliphatic rings. The second-order valence-electron chi connectivity index (χ2n) is 2.37. The Kier molecular flexibility index (Phi) is 1.76. The molecule has 1 fully saturated rings. The number of hydrogen-bond donors (Lipinski definition) is 0. The van der Waals surface area contributed by atoms with Gasteiger partial charge in [0, 0.05) is 6.42 Å². The standard InChI is InChI=1S/C7H12O2/c1-5-4-6(2)9-7(3)8-5/h6-7H,1,4H2,2-3H3/t6-,7+/m1/s1. The molecular weight excluding hydrogens is 116 g/mol. The van der Waals surface area contributed by atoms with Crippen LogP contribution < -0.4 is 0 Å². The molecule has 0 aromatic carbocycles. The van der Waals surface area contributed by atoms with Crippen LogP contribution in [0.2, 0.25) is 0 Å². The van der Waals surface area contributed by atoms with E-state index in [1.54, 1.807) is 0 Å². The van der Waals surface area contributed by atoms with E-state index in [4.69, 9.17) is 9.47 Å². The number of ether oxygens (including phenoxy) is 2. The van der Waals surface area contributed by atoms with Crippen LogP contribution in [-0.4, -0.2) is 12.4 Å². The van der Waals surface area contributed by atoms with E-state index in [0.717, 1.165) is 12.2 Å². The van der Waals surface area contributed by atoms with E-state index in [0.29, 0.717) is 0 Å². The zero-order chi connectivity index (χ0) is 6.85. The average Bonchev–Trinajstić information content (AvgIpc) is 1.59. The second kappa shape index (κ2) is 2.40. The number of hydrogen-bond acceptors (Lipinski definition) is 2. The van der Waals surface area contributed by atoms with E-state index in [2.05, 4.69) is 6.58 Å². The SMILES string of the molecule is C=C1C[C@@H](C)O[C@@H](C)O1. The fraction of sp³-hybridized carbons (Fsp3) is 0.714. The molecular formula is C7H12O2. The topological polar surface area (TPSA) is 18.5 Å². The summed E-state index contributed by atoms with van der Waals surface area (Å²) in [6.45, 7) is 7.61. The minimum absolute atomic E-state index is 0.110. The lowest BCUT2D eigenvalue weighted by Crippen LogP contribution is -2.26. The van der Waals surface area contributed by atoms with Gasteiger partial charge in [-0.05, 0) is 13.8 Å². The first kappa shape index (κ1) is 6.62. The highest BCUT2D eigenvalue weighted by Gasteiger charge is 2.17. The summed E-state index contributed by atoms with van der Waals surface area (Å²) in [5.74, 6) is 0.834. The van der Waals surface area contributed by atoms with Gasteiger partial charge in [-0.1, -0.05) is 6.58 Å². The van der Waals surface area contributed by atoms with Crippen molar-refractivity contribution in [3.63, 3.8) is 0 Å². The lowest BCUT2D eigenvalue weighted by Gasteiger charge is -2.27. The molecule has 2 heteroatoms. The molecule has 1 saturated heterocycles. The highest BCUT2D eigenvalue weighted by molar-refractivity contribution is 4.87. The maximum Gasteiger partial charge on any atom is 0.196 e. The van der Waals surface area contributed by atoms with Gasteiger partial charge in [-0.15, -0.1) is 0 Å². The fourth-order valence-electron chi connectivity index (χ4n) is 1.01.